The molecule has 1 aromatic carbocycles. The monoisotopic (exact) mass is 363 g/mol. The van der Waals surface area contributed by atoms with Crippen molar-refractivity contribution in [3.05, 3.63) is 18.2 Å². The lowest BCUT2D eigenvalue weighted by molar-refractivity contribution is 0.415. The second kappa shape index (κ2) is 6.54. The molecule has 2 rings (SSSR count). The van der Waals surface area contributed by atoms with E-state index >= 15 is 0 Å². The minimum Gasteiger partial charge on any atom is -0.495 e. The molecule has 2 N–H and O–H groups in total. The Kier molecular flexibility index (Phi) is 5.07. The van der Waals surface area contributed by atoms with E-state index in [4.69, 9.17) is 4.74 Å². The highest BCUT2D eigenvalue weighted by Gasteiger charge is 2.31. The summed E-state index contributed by atoms with van der Waals surface area (Å²) < 4.78 is 59.3. The average Bonchev–Trinajstić information content (AvgIpc) is 2.76. The summed E-state index contributed by atoms with van der Waals surface area (Å²) in [6.45, 7) is 3.75. The van der Waals surface area contributed by atoms with Crippen LogP contribution >= 0.6 is 0 Å². The molecule has 0 radical (unpaired) electrons. The number of nitrogens with zero attached hydrogens (tertiary/aromatic N) is 1. The van der Waals surface area contributed by atoms with Gasteiger partial charge in [0.05, 0.1) is 24.2 Å². The minimum atomic E-state index is -3.73. The van der Waals surface area contributed by atoms with Gasteiger partial charge < -0.3 is 4.74 Å². The predicted molar refractivity (Wildman–Crippen MR) is 89.6 cm³/mol. The lowest BCUT2D eigenvalue weighted by atomic mass is 10.2. The fourth-order valence-electron chi connectivity index (χ4n) is 2.35. The van der Waals surface area contributed by atoms with E-state index in [2.05, 4.69) is 9.44 Å². The zero-order chi connectivity index (χ0) is 17.3. The van der Waals surface area contributed by atoms with E-state index in [1.54, 1.807) is 13.8 Å². The van der Waals surface area contributed by atoms with Gasteiger partial charge in [-0.3, -0.25) is 9.03 Å². The summed E-state index contributed by atoms with van der Waals surface area (Å²) in [6, 6.07) is 4.26. The SMILES string of the molecule is COc1ccc(NS(=O)(=O)NC(C)C)cc1N1CCCS1(=O)=O. The Hall–Kier alpha value is -1.52. The molecule has 1 saturated heterocycles. The lowest BCUT2D eigenvalue weighted by Gasteiger charge is -2.21. The number of methoxy groups -OCH3 is 1. The number of benzene rings is 1. The quantitative estimate of drug-likeness (QED) is 0.781. The summed E-state index contributed by atoms with van der Waals surface area (Å²) in [5, 5.41) is 0. The molecule has 1 aromatic rings. The second-order valence-corrected chi connectivity index (χ2v) is 8.97. The topological polar surface area (TPSA) is 105 Å². The third-order valence-electron chi connectivity index (χ3n) is 3.19. The van der Waals surface area contributed by atoms with E-state index in [1.165, 1.54) is 29.6 Å². The number of hydrogen-bond donors (Lipinski definition) is 2. The Morgan fingerprint density at radius 2 is 2.00 bits per heavy atom. The van der Waals surface area contributed by atoms with E-state index in [0.717, 1.165) is 0 Å². The standard InChI is InChI=1S/C13H21N3O5S2/c1-10(2)14-23(19,20)15-11-5-6-13(21-3)12(9-11)16-7-4-8-22(16,17)18/h5-6,9-10,14-15H,4,7-8H2,1-3H3. The molecule has 0 saturated carbocycles. The Morgan fingerprint density at radius 1 is 1.30 bits per heavy atom. The third kappa shape index (κ3) is 4.27. The van der Waals surface area contributed by atoms with Crippen molar-refractivity contribution in [2.75, 3.05) is 28.4 Å². The smallest absolute Gasteiger partial charge is 0.299 e. The van der Waals surface area contributed by atoms with Crippen molar-refractivity contribution in [1.29, 1.82) is 0 Å². The van der Waals surface area contributed by atoms with E-state index < -0.39 is 20.2 Å². The van der Waals surface area contributed by atoms with Gasteiger partial charge in [0.25, 0.3) is 10.2 Å². The van der Waals surface area contributed by atoms with Crippen LogP contribution in [0, 0.1) is 0 Å². The van der Waals surface area contributed by atoms with Crippen LogP contribution in [-0.2, 0) is 20.2 Å². The zero-order valence-electron chi connectivity index (χ0n) is 13.2. The van der Waals surface area contributed by atoms with Crippen LogP contribution in [0.25, 0.3) is 0 Å². The summed E-state index contributed by atoms with van der Waals surface area (Å²) in [5.41, 5.74) is 0.589. The molecular weight excluding hydrogens is 342 g/mol. The van der Waals surface area contributed by atoms with Gasteiger partial charge in [-0.05, 0) is 38.5 Å². The van der Waals surface area contributed by atoms with Gasteiger partial charge in [-0.2, -0.15) is 13.1 Å². The summed E-state index contributed by atoms with van der Waals surface area (Å²) in [5.74, 6) is 0.441. The number of anilines is 2. The van der Waals surface area contributed by atoms with Gasteiger partial charge in [0, 0.05) is 12.6 Å². The first kappa shape index (κ1) is 17.8. The van der Waals surface area contributed by atoms with Crippen LogP contribution in [0.1, 0.15) is 20.3 Å². The molecule has 0 spiro atoms. The Bertz CT molecular complexity index is 775. The molecular formula is C13H21N3O5S2. The number of ether oxygens (including phenoxy) is 1. The maximum absolute atomic E-state index is 12.1. The van der Waals surface area contributed by atoms with Gasteiger partial charge in [0.15, 0.2) is 0 Å². The first-order valence-electron chi connectivity index (χ1n) is 7.13. The molecule has 0 unspecified atom stereocenters. The number of sulfonamides is 1. The fourth-order valence-corrected chi connectivity index (χ4v) is 5.03. The predicted octanol–water partition coefficient (Wildman–Crippen LogP) is 0.890. The molecule has 1 aliphatic heterocycles. The van der Waals surface area contributed by atoms with E-state index in [9.17, 15) is 16.8 Å². The van der Waals surface area contributed by atoms with Crippen LogP contribution in [0.4, 0.5) is 11.4 Å². The van der Waals surface area contributed by atoms with Crippen LogP contribution in [-0.4, -0.2) is 42.3 Å². The molecule has 1 fully saturated rings. The normalized spacial score (nSPS) is 17.5. The molecule has 130 valence electrons. The van der Waals surface area contributed by atoms with Gasteiger partial charge in [0.2, 0.25) is 10.0 Å². The first-order chi connectivity index (χ1) is 10.6. The van der Waals surface area contributed by atoms with Crippen LogP contribution in [0.3, 0.4) is 0 Å². The molecule has 8 nitrogen and oxygen atoms in total. The molecule has 0 aliphatic carbocycles. The largest absolute Gasteiger partial charge is 0.495 e. The van der Waals surface area contributed by atoms with E-state index in [1.807, 2.05) is 0 Å². The Labute approximate surface area is 137 Å². The van der Waals surface area contributed by atoms with Crippen molar-refractivity contribution in [3.8, 4) is 5.75 Å². The van der Waals surface area contributed by atoms with Crippen LogP contribution < -0.4 is 18.5 Å². The summed E-state index contributed by atoms with van der Waals surface area (Å²) in [6.07, 6.45) is 0.524. The van der Waals surface area contributed by atoms with Gasteiger partial charge in [-0.15, -0.1) is 0 Å². The van der Waals surface area contributed by atoms with Crippen LogP contribution in [0.15, 0.2) is 18.2 Å². The second-order valence-electron chi connectivity index (χ2n) is 5.51. The fraction of sp³-hybridized carbons (Fsp3) is 0.538. The van der Waals surface area contributed by atoms with Gasteiger partial charge in [0.1, 0.15) is 5.75 Å². The zero-order valence-corrected chi connectivity index (χ0v) is 14.9. The molecule has 23 heavy (non-hydrogen) atoms. The van der Waals surface area contributed by atoms with Crippen molar-refractivity contribution in [3.63, 3.8) is 0 Å². The van der Waals surface area contributed by atoms with Gasteiger partial charge in [-0.25, -0.2) is 8.42 Å². The third-order valence-corrected chi connectivity index (χ3v) is 6.33. The van der Waals surface area contributed by atoms with Crippen LogP contribution in [0.5, 0.6) is 5.75 Å². The maximum atomic E-state index is 12.1. The van der Waals surface area contributed by atoms with Crippen molar-refractivity contribution >= 4 is 31.6 Å². The van der Waals surface area contributed by atoms with Crippen molar-refractivity contribution in [2.24, 2.45) is 0 Å². The number of hydrogen-bond acceptors (Lipinski definition) is 5. The maximum Gasteiger partial charge on any atom is 0.299 e. The number of nitrogens with one attached hydrogen (secondary N) is 2. The van der Waals surface area contributed by atoms with Crippen molar-refractivity contribution in [2.45, 2.75) is 26.3 Å². The highest BCUT2D eigenvalue weighted by Crippen LogP contribution is 2.35. The average molecular weight is 363 g/mol. The lowest BCUT2D eigenvalue weighted by Crippen LogP contribution is -2.35. The molecule has 10 heteroatoms. The molecule has 0 aromatic heterocycles. The first-order valence-corrected chi connectivity index (χ1v) is 10.2. The number of rotatable bonds is 6. The summed E-state index contributed by atoms with van der Waals surface area (Å²) in [7, 11) is -5.69. The minimum absolute atomic E-state index is 0.0705. The van der Waals surface area contributed by atoms with Crippen molar-refractivity contribution < 1.29 is 21.6 Å². The summed E-state index contributed by atoms with van der Waals surface area (Å²) in [4.78, 5) is 0. The van der Waals surface area contributed by atoms with Crippen LogP contribution in [0.2, 0.25) is 0 Å². The van der Waals surface area contributed by atoms with E-state index in [0.29, 0.717) is 24.4 Å². The molecule has 0 amide bonds. The molecule has 1 aliphatic rings. The summed E-state index contributed by atoms with van der Waals surface area (Å²) >= 11 is 0. The highest BCUT2D eigenvalue weighted by atomic mass is 32.2. The van der Waals surface area contributed by atoms with Gasteiger partial charge >= 0.3 is 0 Å². The Balaban J connectivity index is 2.37. The molecule has 0 bridgehead atoms. The molecule has 0 atom stereocenters. The Morgan fingerprint density at radius 3 is 2.52 bits per heavy atom. The van der Waals surface area contributed by atoms with E-state index in [-0.39, 0.29) is 17.5 Å². The highest BCUT2D eigenvalue weighted by molar-refractivity contribution is 7.93. The van der Waals surface area contributed by atoms with Gasteiger partial charge in [-0.1, -0.05) is 0 Å². The van der Waals surface area contributed by atoms with Crippen molar-refractivity contribution in [1.82, 2.24) is 4.72 Å². The molecule has 1 heterocycles.